The number of aryl methyl sites for hydroxylation is 1. The summed E-state index contributed by atoms with van der Waals surface area (Å²) in [5.74, 6) is 3.43. The Balaban J connectivity index is 1.75. The van der Waals surface area contributed by atoms with Crippen LogP contribution in [0.3, 0.4) is 0 Å². The fraction of sp³-hybridized carbons (Fsp3) is 0.562. The number of fused-ring (bicyclic) bond motifs is 1. The fourth-order valence-electron chi connectivity index (χ4n) is 3.51. The van der Waals surface area contributed by atoms with Gasteiger partial charge >= 0.3 is 0 Å². The number of aromatic nitrogens is 2. The zero-order valence-corrected chi connectivity index (χ0v) is 11.5. The predicted octanol–water partition coefficient (Wildman–Crippen LogP) is 3.36. The SMILES string of the molecule is Cc1cccc2nc(N)n(CC(C3CC3)C3CC3)c12. The number of nitrogens with two attached hydrogens (primary N) is 1. The van der Waals surface area contributed by atoms with Gasteiger partial charge in [-0.25, -0.2) is 4.98 Å². The average Bonchev–Trinajstić information content (AvgIpc) is 3.25. The summed E-state index contributed by atoms with van der Waals surface area (Å²) < 4.78 is 2.27. The van der Waals surface area contributed by atoms with Crippen LogP contribution in [0.4, 0.5) is 5.95 Å². The van der Waals surface area contributed by atoms with Gasteiger partial charge in [0, 0.05) is 6.54 Å². The highest BCUT2D eigenvalue weighted by Crippen LogP contribution is 2.50. The number of para-hydroxylation sites is 1. The van der Waals surface area contributed by atoms with Crippen molar-refractivity contribution in [3.8, 4) is 0 Å². The van der Waals surface area contributed by atoms with Gasteiger partial charge in [0.05, 0.1) is 11.0 Å². The number of nitrogen functional groups attached to an aromatic ring is 1. The Morgan fingerprint density at radius 3 is 2.58 bits per heavy atom. The van der Waals surface area contributed by atoms with Crippen LogP contribution in [0, 0.1) is 24.7 Å². The number of hydrogen-bond donors (Lipinski definition) is 1. The maximum absolute atomic E-state index is 6.16. The van der Waals surface area contributed by atoms with Gasteiger partial charge in [0.15, 0.2) is 0 Å². The van der Waals surface area contributed by atoms with Gasteiger partial charge < -0.3 is 10.3 Å². The third-order valence-electron chi connectivity index (χ3n) is 4.85. The lowest BCUT2D eigenvalue weighted by Crippen LogP contribution is -2.16. The van der Waals surface area contributed by atoms with E-state index >= 15 is 0 Å². The number of nitrogens with zero attached hydrogens (tertiary/aromatic N) is 2. The van der Waals surface area contributed by atoms with Crippen LogP contribution in [0.1, 0.15) is 31.2 Å². The number of imidazole rings is 1. The number of benzene rings is 1. The molecule has 2 aliphatic rings. The van der Waals surface area contributed by atoms with Crippen LogP contribution in [0.25, 0.3) is 11.0 Å². The van der Waals surface area contributed by atoms with Crippen molar-refractivity contribution in [3.63, 3.8) is 0 Å². The Bertz CT molecular complexity index is 608. The Labute approximate surface area is 113 Å². The van der Waals surface area contributed by atoms with Crippen LogP contribution >= 0.6 is 0 Å². The van der Waals surface area contributed by atoms with Crippen molar-refractivity contribution in [1.82, 2.24) is 9.55 Å². The van der Waals surface area contributed by atoms with Gasteiger partial charge in [0.2, 0.25) is 5.95 Å². The summed E-state index contributed by atoms with van der Waals surface area (Å²) >= 11 is 0. The monoisotopic (exact) mass is 255 g/mol. The van der Waals surface area contributed by atoms with Gasteiger partial charge in [0.25, 0.3) is 0 Å². The molecule has 3 heteroatoms. The zero-order chi connectivity index (χ0) is 13.0. The Morgan fingerprint density at radius 1 is 1.26 bits per heavy atom. The highest BCUT2D eigenvalue weighted by Gasteiger charge is 2.41. The van der Waals surface area contributed by atoms with E-state index in [0.29, 0.717) is 5.95 Å². The molecule has 100 valence electrons. The summed E-state index contributed by atoms with van der Waals surface area (Å²) in [4.78, 5) is 4.53. The third kappa shape index (κ3) is 1.92. The molecule has 0 spiro atoms. The minimum atomic E-state index is 0.690. The maximum atomic E-state index is 6.16. The highest BCUT2D eigenvalue weighted by atomic mass is 15.2. The van der Waals surface area contributed by atoms with Crippen LogP contribution in [-0.2, 0) is 6.54 Å². The Hall–Kier alpha value is -1.51. The third-order valence-corrected chi connectivity index (χ3v) is 4.85. The molecule has 2 saturated carbocycles. The van der Waals surface area contributed by atoms with E-state index in [1.165, 1.54) is 36.8 Å². The van der Waals surface area contributed by atoms with E-state index in [1.54, 1.807) is 0 Å². The number of hydrogen-bond acceptors (Lipinski definition) is 2. The van der Waals surface area contributed by atoms with Gasteiger partial charge in [-0.05, 0) is 62.0 Å². The maximum Gasteiger partial charge on any atom is 0.201 e. The lowest BCUT2D eigenvalue weighted by atomic mass is 9.97. The normalized spacial score (nSPS) is 19.5. The quantitative estimate of drug-likeness (QED) is 0.910. The second kappa shape index (κ2) is 3.99. The van der Waals surface area contributed by atoms with Crippen molar-refractivity contribution in [3.05, 3.63) is 23.8 Å². The topological polar surface area (TPSA) is 43.8 Å². The second-order valence-corrected chi connectivity index (χ2v) is 6.36. The van der Waals surface area contributed by atoms with Gasteiger partial charge in [-0.1, -0.05) is 12.1 Å². The van der Waals surface area contributed by atoms with Crippen LogP contribution in [0.2, 0.25) is 0 Å². The lowest BCUT2D eigenvalue weighted by molar-refractivity contribution is 0.355. The number of anilines is 1. The Kier molecular flexibility index (Phi) is 2.38. The van der Waals surface area contributed by atoms with Gasteiger partial charge in [0.1, 0.15) is 0 Å². The molecule has 0 aliphatic heterocycles. The van der Waals surface area contributed by atoms with E-state index in [-0.39, 0.29) is 0 Å². The fourth-order valence-corrected chi connectivity index (χ4v) is 3.51. The lowest BCUT2D eigenvalue weighted by Gasteiger charge is -2.18. The van der Waals surface area contributed by atoms with Crippen LogP contribution < -0.4 is 5.73 Å². The molecular weight excluding hydrogens is 234 g/mol. The van der Waals surface area contributed by atoms with Gasteiger partial charge in [-0.2, -0.15) is 0 Å². The van der Waals surface area contributed by atoms with Gasteiger partial charge in [-0.15, -0.1) is 0 Å². The van der Waals surface area contributed by atoms with Gasteiger partial charge in [-0.3, -0.25) is 0 Å². The molecular formula is C16H21N3. The molecule has 0 saturated heterocycles. The first-order valence-corrected chi connectivity index (χ1v) is 7.45. The molecule has 2 aliphatic carbocycles. The number of rotatable bonds is 4. The van der Waals surface area contributed by atoms with Crippen molar-refractivity contribution < 1.29 is 0 Å². The molecule has 0 unspecified atom stereocenters. The minimum absolute atomic E-state index is 0.690. The molecule has 3 nitrogen and oxygen atoms in total. The molecule has 1 aromatic carbocycles. The van der Waals surface area contributed by atoms with Crippen LogP contribution in [-0.4, -0.2) is 9.55 Å². The summed E-state index contributed by atoms with van der Waals surface area (Å²) in [6.45, 7) is 3.23. The summed E-state index contributed by atoms with van der Waals surface area (Å²) in [6, 6.07) is 6.29. The highest BCUT2D eigenvalue weighted by molar-refractivity contribution is 5.81. The zero-order valence-electron chi connectivity index (χ0n) is 11.5. The molecule has 2 fully saturated rings. The summed E-state index contributed by atoms with van der Waals surface area (Å²) in [6.07, 6.45) is 5.69. The van der Waals surface area contributed by atoms with Crippen molar-refractivity contribution in [1.29, 1.82) is 0 Å². The van der Waals surface area contributed by atoms with E-state index in [1.807, 2.05) is 0 Å². The summed E-state index contributed by atoms with van der Waals surface area (Å²) in [5.41, 5.74) is 9.73. The largest absolute Gasteiger partial charge is 0.369 e. The van der Waals surface area contributed by atoms with Crippen molar-refractivity contribution in [2.75, 3.05) is 5.73 Å². The molecule has 0 radical (unpaired) electrons. The van der Waals surface area contributed by atoms with Crippen LogP contribution in [0.5, 0.6) is 0 Å². The first kappa shape index (κ1) is 11.3. The molecule has 0 atom stereocenters. The van der Waals surface area contributed by atoms with Crippen molar-refractivity contribution in [2.45, 2.75) is 39.2 Å². The minimum Gasteiger partial charge on any atom is -0.369 e. The first-order chi connectivity index (χ1) is 9.24. The van der Waals surface area contributed by atoms with E-state index < -0.39 is 0 Å². The molecule has 19 heavy (non-hydrogen) atoms. The van der Waals surface area contributed by atoms with E-state index in [9.17, 15) is 0 Å². The second-order valence-electron chi connectivity index (χ2n) is 6.36. The molecule has 1 aromatic heterocycles. The molecule has 0 amide bonds. The molecule has 2 aromatic rings. The average molecular weight is 255 g/mol. The van der Waals surface area contributed by atoms with E-state index in [2.05, 4.69) is 34.7 Å². The van der Waals surface area contributed by atoms with E-state index in [0.717, 1.165) is 29.8 Å². The summed E-state index contributed by atoms with van der Waals surface area (Å²) in [7, 11) is 0. The molecule has 1 heterocycles. The van der Waals surface area contributed by atoms with E-state index in [4.69, 9.17) is 5.73 Å². The van der Waals surface area contributed by atoms with Crippen molar-refractivity contribution >= 4 is 17.0 Å². The Morgan fingerprint density at radius 2 is 1.95 bits per heavy atom. The smallest absolute Gasteiger partial charge is 0.201 e. The molecule has 4 rings (SSSR count). The van der Waals surface area contributed by atoms with Crippen molar-refractivity contribution in [2.24, 2.45) is 17.8 Å². The first-order valence-electron chi connectivity index (χ1n) is 7.45. The van der Waals surface area contributed by atoms with Crippen LogP contribution in [0.15, 0.2) is 18.2 Å². The predicted molar refractivity (Wildman–Crippen MR) is 77.8 cm³/mol. The molecule has 0 bridgehead atoms. The molecule has 2 N–H and O–H groups in total. The standard InChI is InChI=1S/C16H21N3/c1-10-3-2-4-14-15(10)19(16(17)18-14)9-13(11-5-6-11)12-7-8-12/h2-4,11-13H,5-9H2,1H3,(H2,17,18). The summed E-state index contributed by atoms with van der Waals surface area (Å²) in [5, 5.41) is 0.